The molecule has 1 aliphatic rings. The van der Waals surface area contributed by atoms with Crippen LogP contribution in [0.2, 0.25) is 0 Å². The number of pyridine rings is 2. The molecule has 148 valence electrons. The molecule has 0 spiro atoms. The first-order chi connectivity index (χ1) is 13.3. The molecule has 1 saturated heterocycles. The Labute approximate surface area is 156 Å². The van der Waals surface area contributed by atoms with Gasteiger partial charge in [0.1, 0.15) is 17.6 Å². The average Bonchev–Trinajstić information content (AvgIpc) is 3.10. The second-order valence-electron chi connectivity index (χ2n) is 6.69. The maximum atomic E-state index is 13.1. The predicted octanol–water partition coefficient (Wildman–Crippen LogP) is 0.687. The molecule has 4 rings (SSSR count). The number of hydrogen-bond donors (Lipinski definition) is 2. The van der Waals surface area contributed by atoms with Gasteiger partial charge in [-0.1, -0.05) is 0 Å². The molecule has 1 aliphatic heterocycles. The molecule has 4 heterocycles. The van der Waals surface area contributed by atoms with Crippen LogP contribution >= 0.6 is 0 Å². The Morgan fingerprint density at radius 2 is 2.07 bits per heavy atom. The molecule has 0 radical (unpaired) electrons. The Bertz CT molecular complexity index is 1090. The highest BCUT2D eigenvalue weighted by Gasteiger charge is 2.31. The van der Waals surface area contributed by atoms with Crippen molar-refractivity contribution in [2.24, 2.45) is 0 Å². The second-order valence-corrected chi connectivity index (χ2v) is 6.69. The summed E-state index contributed by atoms with van der Waals surface area (Å²) in [4.78, 5) is 16.9. The summed E-state index contributed by atoms with van der Waals surface area (Å²) in [5.74, 6) is 0. The summed E-state index contributed by atoms with van der Waals surface area (Å²) in [5.41, 5.74) is -0.785. The van der Waals surface area contributed by atoms with Gasteiger partial charge < -0.3 is 14.8 Å². The van der Waals surface area contributed by atoms with Crippen LogP contribution in [-0.4, -0.2) is 49.3 Å². The van der Waals surface area contributed by atoms with E-state index in [1.54, 1.807) is 0 Å². The standard InChI is InChI=1S/C16H16BF3N4O4/c18-16(19,20)8-23-11-5-9(17(26)27)6-21-13(11)14-10(15(23)25)7-22-24(14)12-3-1-2-4-28-12/h5-7,12,26-27H,1-4,8H2. The third-order valence-corrected chi connectivity index (χ3v) is 4.74. The maximum absolute atomic E-state index is 13.1. The van der Waals surface area contributed by atoms with Crippen LogP contribution in [0.4, 0.5) is 13.2 Å². The fourth-order valence-corrected chi connectivity index (χ4v) is 3.48. The van der Waals surface area contributed by atoms with Crippen molar-refractivity contribution in [3.05, 3.63) is 28.8 Å². The molecule has 12 heteroatoms. The molecule has 1 unspecified atom stereocenters. The molecule has 0 amide bonds. The van der Waals surface area contributed by atoms with Gasteiger partial charge in [0.15, 0.2) is 6.23 Å². The smallest absolute Gasteiger partial charge is 0.423 e. The van der Waals surface area contributed by atoms with Crippen molar-refractivity contribution in [1.29, 1.82) is 0 Å². The van der Waals surface area contributed by atoms with Crippen molar-refractivity contribution in [3.8, 4) is 0 Å². The minimum absolute atomic E-state index is 0.00396. The monoisotopic (exact) mass is 396 g/mol. The molecule has 0 saturated carbocycles. The van der Waals surface area contributed by atoms with Gasteiger partial charge in [0.25, 0.3) is 5.56 Å². The van der Waals surface area contributed by atoms with Crippen molar-refractivity contribution in [2.45, 2.75) is 38.2 Å². The maximum Gasteiger partial charge on any atom is 0.490 e. The van der Waals surface area contributed by atoms with E-state index < -0.39 is 31.6 Å². The molecule has 8 nitrogen and oxygen atoms in total. The van der Waals surface area contributed by atoms with Gasteiger partial charge >= 0.3 is 13.3 Å². The van der Waals surface area contributed by atoms with E-state index >= 15 is 0 Å². The Morgan fingerprint density at radius 3 is 2.71 bits per heavy atom. The summed E-state index contributed by atoms with van der Waals surface area (Å²) in [6, 6.07) is 1.12. The summed E-state index contributed by atoms with van der Waals surface area (Å²) < 4.78 is 47.0. The number of aromatic nitrogens is 4. The van der Waals surface area contributed by atoms with Crippen LogP contribution in [-0.2, 0) is 11.3 Å². The topological polar surface area (TPSA) is 102 Å². The zero-order valence-electron chi connectivity index (χ0n) is 14.6. The highest BCUT2D eigenvalue weighted by atomic mass is 19.4. The third-order valence-electron chi connectivity index (χ3n) is 4.74. The minimum Gasteiger partial charge on any atom is -0.423 e. The lowest BCUT2D eigenvalue weighted by Gasteiger charge is -2.24. The van der Waals surface area contributed by atoms with E-state index in [4.69, 9.17) is 4.74 Å². The van der Waals surface area contributed by atoms with Crippen molar-refractivity contribution >= 4 is 34.5 Å². The molecule has 0 aromatic carbocycles. The first-order valence-corrected chi connectivity index (χ1v) is 8.70. The first-order valence-electron chi connectivity index (χ1n) is 8.70. The van der Waals surface area contributed by atoms with E-state index in [0.717, 1.165) is 25.1 Å². The van der Waals surface area contributed by atoms with Crippen LogP contribution in [0.25, 0.3) is 21.9 Å². The predicted molar refractivity (Wildman–Crippen MR) is 94.0 cm³/mol. The highest BCUT2D eigenvalue weighted by molar-refractivity contribution is 6.58. The van der Waals surface area contributed by atoms with Crippen LogP contribution in [0.3, 0.4) is 0 Å². The normalized spacial score (nSPS) is 18.1. The summed E-state index contributed by atoms with van der Waals surface area (Å²) in [7, 11) is -1.94. The van der Waals surface area contributed by atoms with E-state index in [0.29, 0.717) is 17.6 Å². The van der Waals surface area contributed by atoms with E-state index in [2.05, 4.69) is 10.1 Å². The number of rotatable bonds is 3. The lowest BCUT2D eigenvalue weighted by molar-refractivity contribution is -0.140. The second kappa shape index (κ2) is 6.87. The van der Waals surface area contributed by atoms with Crippen LogP contribution in [0.15, 0.2) is 23.3 Å². The SMILES string of the molecule is O=c1c2cnn(C3CCCCO3)c2c2ncc(B(O)O)cc2n1CC(F)(F)F. The average molecular weight is 396 g/mol. The lowest BCUT2D eigenvalue weighted by Crippen LogP contribution is -2.33. The van der Waals surface area contributed by atoms with Gasteiger partial charge in [-0.25, -0.2) is 4.68 Å². The number of alkyl halides is 3. The Morgan fingerprint density at radius 1 is 1.29 bits per heavy atom. The van der Waals surface area contributed by atoms with Crippen molar-refractivity contribution in [3.63, 3.8) is 0 Å². The number of ether oxygens (including phenoxy) is 1. The Kier molecular flexibility index (Phi) is 4.64. The largest absolute Gasteiger partial charge is 0.490 e. The molecule has 1 fully saturated rings. The molecule has 2 N–H and O–H groups in total. The zero-order chi connectivity index (χ0) is 20.1. The van der Waals surface area contributed by atoms with Crippen LogP contribution in [0, 0.1) is 0 Å². The molecular weight excluding hydrogens is 380 g/mol. The number of nitrogens with zero attached hydrogens (tertiary/aromatic N) is 4. The molecule has 0 aliphatic carbocycles. The van der Waals surface area contributed by atoms with Gasteiger partial charge in [-0.2, -0.15) is 18.3 Å². The van der Waals surface area contributed by atoms with E-state index in [1.807, 2.05) is 0 Å². The quantitative estimate of drug-likeness (QED) is 0.632. The Hall–Kier alpha value is -2.44. The van der Waals surface area contributed by atoms with Crippen LogP contribution in [0.1, 0.15) is 25.5 Å². The molecular formula is C16H16BF3N4O4. The Balaban J connectivity index is 2.04. The van der Waals surface area contributed by atoms with Gasteiger partial charge in [0, 0.05) is 18.3 Å². The van der Waals surface area contributed by atoms with Gasteiger partial charge in [-0.3, -0.25) is 14.3 Å². The number of hydrogen-bond acceptors (Lipinski definition) is 6. The summed E-state index contributed by atoms with van der Waals surface area (Å²) in [5, 5.41) is 22.9. The minimum atomic E-state index is -4.65. The van der Waals surface area contributed by atoms with Crippen molar-refractivity contribution in [1.82, 2.24) is 19.3 Å². The molecule has 1 atom stereocenters. The molecule has 3 aromatic heterocycles. The van der Waals surface area contributed by atoms with E-state index in [-0.39, 0.29) is 27.4 Å². The number of halogens is 3. The third kappa shape index (κ3) is 3.27. The van der Waals surface area contributed by atoms with Gasteiger partial charge in [0.05, 0.1) is 17.1 Å². The summed E-state index contributed by atoms with van der Waals surface area (Å²) >= 11 is 0. The van der Waals surface area contributed by atoms with Crippen LogP contribution < -0.4 is 11.0 Å². The van der Waals surface area contributed by atoms with Crippen LogP contribution in [0.5, 0.6) is 0 Å². The fourth-order valence-electron chi connectivity index (χ4n) is 3.48. The van der Waals surface area contributed by atoms with Gasteiger partial charge in [-0.05, 0) is 25.3 Å². The summed E-state index contributed by atoms with van der Waals surface area (Å²) in [6.45, 7) is -1.01. The van der Waals surface area contributed by atoms with E-state index in [1.165, 1.54) is 10.9 Å². The lowest BCUT2D eigenvalue weighted by atomic mass is 9.81. The summed E-state index contributed by atoms with van der Waals surface area (Å²) in [6.07, 6.45) is -0.296. The molecule has 0 bridgehead atoms. The number of fused-ring (bicyclic) bond motifs is 3. The molecule has 28 heavy (non-hydrogen) atoms. The van der Waals surface area contributed by atoms with Gasteiger partial charge in [0.2, 0.25) is 0 Å². The van der Waals surface area contributed by atoms with Crippen molar-refractivity contribution < 1.29 is 28.0 Å². The van der Waals surface area contributed by atoms with E-state index in [9.17, 15) is 28.0 Å². The zero-order valence-corrected chi connectivity index (χ0v) is 14.6. The molecule has 3 aromatic rings. The first kappa shape index (κ1) is 18.9. The van der Waals surface area contributed by atoms with Crippen molar-refractivity contribution in [2.75, 3.05) is 6.61 Å². The van der Waals surface area contributed by atoms with Gasteiger partial charge in [-0.15, -0.1) is 0 Å². The highest BCUT2D eigenvalue weighted by Crippen LogP contribution is 2.29. The fraction of sp³-hybridized carbons (Fsp3) is 0.438.